The van der Waals surface area contributed by atoms with Crippen molar-refractivity contribution >= 4 is 17.7 Å². The third kappa shape index (κ3) is 5.08. The Hall–Kier alpha value is -2.37. The van der Waals surface area contributed by atoms with Crippen molar-refractivity contribution in [3.8, 4) is 0 Å². The molecule has 1 fully saturated rings. The van der Waals surface area contributed by atoms with Gasteiger partial charge in [-0.1, -0.05) is 44.2 Å². The summed E-state index contributed by atoms with van der Waals surface area (Å²) < 4.78 is 0. The van der Waals surface area contributed by atoms with Crippen molar-refractivity contribution < 1.29 is 14.4 Å². The number of nitrogens with zero attached hydrogens (tertiary/aromatic N) is 2. The largest absolute Gasteiger partial charge is 0.347 e. The van der Waals surface area contributed by atoms with Crippen molar-refractivity contribution in [2.75, 3.05) is 32.7 Å². The van der Waals surface area contributed by atoms with Crippen LogP contribution in [0.5, 0.6) is 0 Å². The number of nitrogens with one attached hydrogen (secondary N) is 1. The molecule has 0 spiro atoms. The van der Waals surface area contributed by atoms with E-state index in [0.29, 0.717) is 26.2 Å². The average Bonchev–Trinajstić information content (AvgIpc) is 2.71. The van der Waals surface area contributed by atoms with E-state index in [2.05, 4.69) is 5.32 Å². The molecular weight excluding hydrogens is 342 g/mol. The fourth-order valence-electron chi connectivity index (χ4n) is 3.17. The highest BCUT2D eigenvalue weighted by Crippen LogP contribution is 2.26. The van der Waals surface area contributed by atoms with Crippen LogP contribution in [-0.4, -0.2) is 60.2 Å². The van der Waals surface area contributed by atoms with Crippen molar-refractivity contribution in [2.45, 2.75) is 39.5 Å². The molecule has 0 aliphatic carbocycles. The van der Waals surface area contributed by atoms with Gasteiger partial charge < -0.3 is 15.1 Å². The fourth-order valence-corrected chi connectivity index (χ4v) is 3.17. The number of hydrogen-bond acceptors (Lipinski definition) is 3. The van der Waals surface area contributed by atoms with Gasteiger partial charge in [-0.05, 0) is 25.8 Å². The van der Waals surface area contributed by atoms with Crippen molar-refractivity contribution in [2.24, 2.45) is 5.92 Å². The molecule has 6 nitrogen and oxygen atoms in total. The zero-order valence-electron chi connectivity index (χ0n) is 16.8. The van der Waals surface area contributed by atoms with Gasteiger partial charge in [-0.2, -0.15) is 0 Å². The van der Waals surface area contributed by atoms with E-state index in [0.717, 1.165) is 12.0 Å². The lowest BCUT2D eigenvalue weighted by Gasteiger charge is -2.38. The third-order valence-electron chi connectivity index (χ3n) is 5.42. The molecular formula is C21H31N3O3. The SMILES string of the molecule is CCC(C)C(=O)NCC(=O)N1CCN(C(=O)C(C)(C)c2ccccc2)CC1. The number of amides is 3. The molecule has 1 aromatic rings. The van der Waals surface area contributed by atoms with Crippen LogP contribution >= 0.6 is 0 Å². The lowest BCUT2D eigenvalue weighted by Crippen LogP contribution is -2.55. The number of rotatable bonds is 6. The summed E-state index contributed by atoms with van der Waals surface area (Å²) in [5.41, 5.74) is 0.388. The van der Waals surface area contributed by atoms with Crippen molar-refractivity contribution in [1.29, 1.82) is 0 Å². The van der Waals surface area contributed by atoms with Gasteiger partial charge in [-0.3, -0.25) is 14.4 Å². The lowest BCUT2D eigenvalue weighted by atomic mass is 9.83. The summed E-state index contributed by atoms with van der Waals surface area (Å²) in [6, 6.07) is 9.76. The molecule has 0 radical (unpaired) electrons. The van der Waals surface area contributed by atoms with E-state index in [1.807, 2.05) is 62.9 Å². The van der Waals surface area contributed by atoms with Crippen LogP contribution in [0.4, 0.5) is 0 Å². The highest BCUT2D eigenvalue weighted by molar-refractivity contribution is 5.88. The molecule has 1 aliphatic heterocycles. The summed E-state index contributed by atoms with van der Waals surface area (Å²) >= 11 is 0. The maximum atomic E-state index is 13.0. The molecule has 1 aliphatic rings. The summed E-state index contributed by atoms with van der Waals surface area (Å²) in [4.78, 5) is 40.7. The van der Waals surface area contributed by atoms with Gasteiger partial charge in [-0.15, -0.1) is 0 Å². The third-order valence-corrected chi connectivity index (χ3v) is 5.42. The summed E-state index contributed by atoms with van der Waals surface area (Å²) in [7, 11) is 0. The molecule has 1 unspecified atom stereocenters. The number of carbonyl (C=O) groups excluding carboxylic acids is 3. The number of benzene rings is 1. The Morgan fingerprint density at radius 1 is 1.04 bits per heavy atom. The van der Waals surface area contributed by atoms with Gasteiger partial charge in [0.25, 0.3) is 0 Å². The average molecular weight is 373 g/mol. The van der Waals surface area contributed by atoms with E-state index < -0.39 is 5.41 Å². The second-order valence-corrected chi connectivity index (χ2v) is 7.69. The first-order chi connectivity index (χ1) is 12.8. The molecule has 148 valence electrons. The molecule has 6 heteroatoms. The van der Waals surface area contributed by atoms with Crippen LogP contribution in [0.25, 0.3) is 0 Å². The lowest BCUT2D eigenvalue weighted by molar-refractivity contribution is -0.142. The zero-order chi connectivity index (χ0) is 20.0. The molecule has 1 saturated heterocycles. The first-order valence-corrected chi connectivity index (χ1v) is 9.67. The van der Waals surface area contributed by atoms with E-state index >= 15 is 0 Å². The zero-order valence-corrected chi connectivity index (χ0v) is 16.8. The summed E-state index contributed by atoms with van der Waals surface area (Å²) in [5, 5.41) is 2.70. The Kier molecular flexibility index (Phi) is 6.99. The highest BCUT2D eigenvalue weighted by atomic mass is 16.2. The van der Waals surface area contributed by atoms with Crippen LogP contribution < -0.4 is 5.32 Å². The van der Waals surface area contributed by atoms with Crippen LogP contribution in [0.15, 0.2) is 30.3 Å². The van der Waals surface area contributed by atoms with Gasteiger partial charge in [0, 0.05) is 32.1 Å². The second-order valence-electron chi connectivity index (χ2n) is 7.69. The Bertz CT molecular complexity index is 665. The first kappa shape index (κ1) is 20.9. The summed E-state index contributed by atoms with van der Waals surface area (Å²) in [6.45, 7) is 9.70. The molecule has 27 heavy (non-hydrogen) atoms. The quantitative estimate of drug-likeness (QED) is 0.827. The standard InChI is InChI=1S/C21H31N3O3/c1-5-16(2)19(26)22-15-18(25)23-11-13-24(14-12-23)20(27)21(3,4)17-9-7-6-8-10-17/h6-10,16H,5,11-15H2,1-4H3,(H,22,26). The molecule has 0 bridgehead atoms. The molecule has 1 atom stereocenters. The van der Waals surface area contributed by atoms with Crippen molar-refractivity contribution in [3.63, 3.8) is 0 Å². The van der Waals surface area contributed by atoms with Crippen molar-refractivity contribution in [3.05, 3.63) is 35.9 Å². The molecule has 0 saturated carbocycles. The monoisotopic (exact) mass is 373 g/mol. The summed E-state index contributed by atoms with van der Waals surface area (Å²) in [6.07, 6.45) is 0.748. The molecule has 0 aromatic heterocycles. The second kappa shape index (κ2) is 9.02. The Labute approximate surface area is 161 Å². The molecule has 1 aromatic carbocycles. The van der Waals surface area contributed by atoms with Crippen LogP contribution in [-0.2, 0) is 19.8 Å². The van der Waals surface area contributed by atoms with Gasteiger partial charge >= 0.3 is 0 Å². The van der Waals surface area contributed by atoms with E-state index in [9.17, 15) is 14.4 Å². The first-order valence-electron chi connectivity index (χ1n) is 9.67. The molecule has 2 rings (SSSR count). The molecule has 3 amide bonds. The van der Waals surface area contributed by atoms with Crippen LogP contribution in [0.2, 0.25) is 0 Å². The Morgan fingerprint density at radius 3 is 2.15 bits per heavy atom. The maximum absolute atomic E-state index is 13.0. The molecule has 1 N–H and O–H groups in total. The normalized spacial score (nSPS) is 16.0. The van der Waals surface area contributed by atoms with Gasteiger partial charge in [-0.25, -0.2) is 0 Å². The van der Waals surface area contributed by atoms with Gasteiger partial charge in [0.2, 0.25) is 17.7 Å². The Balaban J connectivity index is 1.86. The predicted molar refractivity (Wildman–Crippen MR) is 105 cm³/mol. The van der Waals surface area contributed by atoms with Crippen LogP contribution in [0.1, 0.15) is 39.7 Å². The summed E-state index contributed by atoms with van der Waals surface area (Å²) in [5.74, 6) is -0.205. The highest BCUT2D eigenvalue weighted by Gasteiger charge is 2.35. The van der Waals surface area contributed by atoms with Crippen LogP contribution in [0, 0.1) is 5.92 Å². The number of piperazine rings is 1. The Morgan fingerprint density at radius 2 is 1.59 bits per heavy atom. The molecule has 1 heterocycles. The van der Waals surface area contributed by atoms with E-state index in [-0.39, 0.29) is 30.2 Å². The predicted octanol–water partition coefficient (Wildman–Crippen LogP) is 1.80. The van der Waals surface area contributed by atoms with Gasteiger partial charge in [0.15, 0.2) is 0 Å². The maximum Gasteiger partial charge on any atom is 0.242 e. The fraction of sp³-hybridized carbons (Fsp3) is 0.571. The number of carbonyl (C=O) groups is 3. The van der Waals surface area contributed by atoms with E-state index in [1.165, 1.54) is 0 Å². The number of hydrogen-bond donors (Lipinski definition) is 1. The minimum absolute atomic E-state index is 0.0205. The minimum atomic E-state index is -0.599. The van der Waals surface area contributed by atoms with Crippen LogP contribution in [0.3, 0.4) is 0 Å². The van der Waals surface area contributed by atoms with Gasteiger partial charge in [0.05, 0.1) is 12.0 Å². The van der Waals surface area contributed by atoms with Crippen molar-refractivity contribution in [1.82, 2.24) is 15.1 Å². The van der Waals surface area contributed by atoms with E-state index in [4.69, 9.17) is 0 Å². The van der Waals surface area contributed by atoms with Gasteiger partial charge in [0.1, 0.15) is 0 Å². The minimum Gasteiger partial charge on any atom is -0.347 e. The smallest absolute Gasteiger partial charge is 0.242 e. The van der Waals surface area contributed by atoms with E-state index in [1.54, 1.807) is 4.90 Å². The topological polar surface area (TPSA) is 69.7 Å².